The number of rotatable bonds is 1. The van der Waals surface area contributed by atoms with Gasteiger partial charge >= 0.3 is 0 Å². The maximum absolute atomic E-state index is 5.80. The van der Waals surface area contributed by atoms with Crippen molar-refractivity contribution in [3.63, 3.8) is 0 Å². The average molecular weight is 208 g/mol. The first-order valence-electron chi connectivity index (χ1n) is 5.12. The molecular formula is C9H16N6. The number of hydrogen-bond donors (Lipinski definition) is 3. The van der Waals surface area contributed by atoms with E-state index in [0.717, 1.165) is 31.6 Å². The lowest BCUT2D eigenvalue weighted by atomic mass is 10.1. The molecule has 1 aromatic rings. The molecule has 0 amide bonds. The van der Waals surface area contributed by atoms with Crippen molar-refractivity contribution in [2.24, 2.45) is 0 Å². The monoisotopic (exact) mass is 208 g/mol. The Balaban J connectivity index is 2.33. The van der Waals surface area contributed by atoms with Crippen LogP contribution in [-0.2, 0) is 0 Å². The number of nitrogens with zero attached hydrogens (tertiary/aromatic N) is 3. The zero-order chi connectivity index (χ0) is 10.8. The van der Waals surface area contributed by atoms with Gasteiger partial charge in [0.25, 0.3) is 0 Å². The first-order chi connectivity index (χ1) is 7.18. The third-order valence-corrected chi connectivity index (χ3v) is 2.63. The molecule has 1 aliphatic rings. The lowest BCUT2D eigenvalue weighted by molar-refractivity contribution is 0.578. The molecule has 0 saturated carbocycles. The van der Waals surface area contributed by atoms with E-state index >= 15 is 0 Å². The minimum atomic E-state index is 0.130. The summed E-state index contributed by atoms with van der Waals surface area (Å²) >= 11 is 0. The Hall–Kier alpha value is -1.72. The number of hydrogen-bond acceptors (Lipinski definition) is 6. The maximum atomic E-state index is 5.80. The molecule has 0 radical (unpaired) electrons. The highest BCUT2D eigenvalue weighted by Gasteiger charge is 2.18. The van der Waals surface area contributed by atoms with Gasteiger partial charge in [0.05, 0.1) is 0 Å². The third-order valence-electron chi connectivity index (χ3n) is 2.63. The van der Waals surface area contributed by atoms with E-state index in [0.29, 0.717) is 11.6 Å². The molecule has 0 spiro atoms. The van der Waals surface area contributed by atoms with Crippen molar-refractivity contribution in [1.82, 2.24) is 9.97 Å². The third kappa shape index (κ3) is 1.88. The zero-order valence-corrected chi connectivity index (χ0v) is 8.61. The second kappa shape index (κ2) is 3.80. The molecule has 1 fully saturated rings. The first kappa shape index (κ1) is 9.82. The van der Waals surface area contributed by atoms with Crippen LogP contribution in [0.25, 0.3) is 0 Å². The van der Waals surface area contributed by atoms with Crippen LogP contribution >= 0.6 is 0 Å². The van der Waals surface area contributed by atoms with E-state index in [-0.39, 0.29) is 5.95 Å². The maximum Gasteiger partial charge on any atom is 0.224 e. The van der Waals surface area contributed by atoms with Crippen molar-refractivity contribution < 1.29 is 0 Å². The van der Waals surface area contributed by atoms with E-state index < -0.39 is 0 Å². The molecule has 6 N–H and O–H groups in total. The topological polar surface area (TPSA) is 107 Å². The quantitative estimate of drug-likeness (QED) is 0.609. The lowest BCUT2D eigenvalue weighted by Crippen LogP contribution is -2.31. The second-order valence-electron chi connectivity index (χ2n) is 3.75. The van der Waals surface area contributed by atoms with Gasteiger partial charge in [0.1, 0.15) is 5.69 Å². The lowest BCUT2D eigenvalue weighted by Gasteiger charge is -2.29. The summed E-state index contributed by atoms with van der Waals surface area (Å²) in [4.78, 5) is 10.00. The predicted molar refractivity (Wildman–Crippen MR) is 61.3 cm³/mol. The number of aromatic nitrogens is 2. The smallest absolute Gasteiger partial charge is 0.224 e. The fraction of sp³-hybridized carbons (Fsp3) is 0.556. The molecule has 0 aromatic carbocycles. The van der Waals surface area contributed by atoms with Crippen molar-refractivity contribution >= 4 is 23.3 Å². The molecule has 0 unspecified atom stereocenters. The Morgan fingerprint density at radius 2 is 1.40 bits per heavy atom. The number of piperidine rings is 1. The Morgan fingerprint density at radius 3 is 1.93 bits per heavy atom. The van der Waals surface area contributed by atoms with E-state index in [1.165, 1.54) is 6.42 Å². The van der Waals surface area contributed by atoms with E-state index in [1.807, 2.05) is 0 Å². The summed E-state index contributed by atoms with van der Waals surface area (Å²) in [6.45, 7) is 1.92. The van der Waals surface area contributed by atoms with Gasteiger partial charge in [0, 0.05) is 13.1 Å². The van der Waals surface area contributed by atoms with Gasteiger partial charge in [-0.2, -0.15) is 9.97 Å². The first-order valence-corrected chi connectivity index (χ1v) is 5.12. The normalized spacial score (nSPS) is 16.7. The molecular weight excluding hydrogens is 192 g/mol. The molecule has 15 heavy (non-hydrogen) atoms. The summed E-state index contributed by atoms with van der Waals surface area (Å²) in [6.07, 6.45) is 3.57. The van der Waals surface area contributed by atoms with E-state index in [9.17, 15) is 0 Å². The van der Waals surface area contributed by atoms with Gasteiger partial charge in [-0.05, 0) is 19.3 Å². The average Bonchev–Trinajstić information content (AvgIpc) is 2.17. The van der Waals surface area contributed by atoms with Crippen molar-refractivity contribution in [3.8, 4) is 0 Å². The highest BCUT2D eigenvalue weighted by Crippen LogP contribution is 2.29. The van der Waals surface area contributed by atoms with Crippen molar-refractivity contribution in [1.29, 1.82) is 0 Å². The van der Waals surface area contributed by atoms with Crippen LogP contribution < -0.4 is 22.1 Å². The highest BCUT2D eigenvalue weighted by molar-refractivity contribution is 5.76. The van der Waals surface area contributed by atoms with Gasteiger partial charge in [-0.25, -0.2) is 0 Å². The Kier molecular flexibility index (Phi) is 2.49. The molecule has 1 aliphatic heterocycles. The van der Waals surface area contributed by atoms with Gasteiger partial charge < -0.3 is 22.1 Å². The van der Waals surface area contributed by atoms with Crippen LogP contribution in [0, 0.1) is 0 Å². The fourth-order valence-corrected chi connectivity index (χ4v) is 1.95. The molecule has 0 aliphatic carbocycles. The predicted octanol–water partition coefficient (Wildman–Crippen LogP) is 0.213. The molecule has 82 valence electrons. The molecule has 1 saturated heterocycles. The molecule has 0 bridgehead atoms. The number of nitrogen functional groups attached to an aromatic ring is 3. The summed E-state index contributed by atoms with van der Waals surface area (Å²) in [6, 6.07) is 0. The van der Waals surface area contributed by atoms with Crippen LogP contribution in [0.2, 0.25) is 0 Å². The largest absolute Gasteiger partial charge is 0.382 e. The van der Waals surface area contributed by atoms with E-state index in [4.69, 9.17) is 17.2 Å². The zero-order valence-electron chi connectivity index (χ0n) is 8.61. The minimum Gasteiger partial charge on any atom is -0.382 e. The van der Waals surface area contributed by atoms with Crippen LogP contribution in [0.3, 0.4) is 0 Å². The van der Waals surface area contributed by atoms with Gasteiger partial charge in [-0.15, -0.1) is 0 Å². The summed E-state index contributed by atoms with van der Waals surface area (Å²) < 4.78 is 0. The SMILES string of the molecule is Nc1nc(N)c(N2CCCCC2)c(N)n1. The second-order valence-corrected chi connectivity index (χ2v) is 3.75. The van der Waals surface area contributed by atoms with Gasteiger partial charge in [-0.3, -0.25) is 0 Å². The van der Waals surface area contributed by atoms with Crippen molar-refractivity contribution in [2.45, 2.75) is 19.3 Å². The molecule has 6 nitrogen and oxygen atoms in total. The standard InChI is InChI=1S/C9H16N6/c10-7-6(8(11)14-9(12)13-7)15-4-2-1-3-5-15/h1-5H2,(H6,10,11,12,13,14). The van der Waals surface area contributed by atoms with E-state index in [2.05, 4.69) is 14.9 Å². The Labute approximate surface area is 88.5 Å². The molecule has 2 rings (SSSR count). The van der Waals surface area contributed by atoms with Crippen LogP contribution in [0.1, 0.15) is 19.3 Å². The number of anilines is 4. The van der Waals surface area contributed by atoms with Gasteiger partial charge in [0.15, 0.2) is 11.6 Å². The van der Waals surface area contributed by atoms with Crippen LogP contribution in [0.4, 0.5) is 23.3 Å². The van der Waals surface area contributed by atoms with Crippen LogP contribution in [0.5, 0.6) is 0 Å². The minimum absolute atomic E-state index is 0.130. The summed E-state index contributed by atoms with van der Waals surface area (Å²) in [7, 11) is 0. The Morgan fingerprint density at radius 1 is 0.867 bits per heavy atom. The fourth-order valence-electron chi connectivity index (χ4n) is 1.95. The van der Waals surface area contributed by atoms with Crippen LogP contribution in [0.15, 0.2) is 0 Å². The van der Waals surface area contributed by atoms with Crippen molar-refractivity contribution in [2.75, 3.05) is 35.2 Å². The summed E-state index contributed by atoms with van der Waals surface area (Å²) in [5.41, 5.74) is 17.8. The van der Waals surface area contributed by atoms with Gasteiger partial charge in [-0.1, -0.05) is 0 Å². The molecule has 1 aromatic heterocycles. The highest BCUT2D eigenvalue weighted by atomic mass is 15.2. The van der Waals surface area contributed by atoms with Gasteiger partial charge in [0.2, 0.25) is 5.95 Å². The van der Waals surface area contributed by atoms with Crippen LogP contribution in [-0.4, -0.2) is 23.1 Å². The molecule has 6 heteroatoms. The van der Waals surface area contributed by atoms with Crippen molar-refractivity contribution in [3.05, 3.63) is 0 Å². The number of nitrogens with two attached hydrogens (primary N) is 3. The molecule has 0 atom stereocenters. The molecule has 2 heterocycles. The van der Waals surface area contributed by atoms with E-state index in [1.54, 1.807) is 0 Å². The summed E-state index contributed by atoms with van der Waals surface area (Å²) in [5.74, 6) is 0.884. The summed E-state index contributed by atoms with van der Waals surface area (Å²) in [5, 5.41) is 0. The Bertz CT molecular complexity index is 335.